The van der Waals surface area contributed by atoms with Gasteiger partial charge in [-0.25, -0.2) is 18.4 Å². The second-order valence-corrected chi connectivity index (χ2v) is 6.35. The number of hydrogen-bond acceptors (Lipinski definition) is 3. The number of nitrogens with one attached hydrogen (secondary N) is 1. The molecule has 2 aromatic rings. The van der Waals surface area contributed by atoms with E-state index in [1.54, 1.807) is 4.90 Å². The van der Waals surface area contributed by atoms with Crippen LogP contribution in [0.1, 0.15) is 40.0 Å². The number of halogens is 2. The Hall–Kier alpha value is -3.49. The van der Waals surface area contributed by atoms with Crippen LogP contribution in [-0.2, 0) is 0 Å². The lowest BCUT2D eigenvalue weighted by molar-refractivity contribution is 0.0691. The SMILES string of the molecule is NC(=O)c1cccc(F)c1.O=C(O)c1ccc(NC(=O)N2CCCCC2)cc1F. The molecule has 0 bridgehead atoms. The Bertz CT molecular complexity index is 899. The molecule has 154 valence electrons. The molecule has 1 heterocycles. The van der Waals surface area contributed by atoms with Crippen molar-refractivity contribution < 1.29 is 28.3 Å². The van der Waals surface area contributed by atoms with Gasteiger partial charge in [0, 0.05) is 24.3 Å². The number of carboxylic acids is 1. The fourth-order valence-corrected chi connectivity index (χ4v) is 2.71. The average molecular weight is 405 g/mol. The Morgan fingerprint density at radius 3 is 2.21 bits per heavy atom. The Kier molecular flexibility index (Phi) is 7.64. The fraction of sp³-hybridized carbons (Fsp3) is 0.250. The van der Waals surface area contributed by atoms with Crippen LogP contribution in [0.2, 0.25) is 0 Å². The van der Waals surface area contributed by atoms with Gasteiger partial charge in [0.2, 0.25) is 5.91 Å². The monoisotopic (exact) mass is 405 g/mol. The van der Waals surface area contributed by atoms with Crippen LogP contribution in [0, 0.1) is 11.6 Å². The molecule has 4 N–H and O–H groups in total. The number of hydrogen-bond donors (Lipinski definition) is 3. The van der Waals surface area contributed by atoms with Gasteiger partial charge in [-0.15, -0.1) is 0 Å². The van der Waals surface area contributed by atoms with Crippen molar-refractivity contribution in [3.05, 3.63) is 65.2 Å². The van der Waals surface area contributed by atoms with Crippen molar-refractivity contribution in [1.29, 1.82) is 0 Å². The third-order valence-corrected chi connectivity index (χ3v) is 4.20. The van der Waals surface area contributed by atoms with Crippen LogP contribution in [0.15, 0.2) is 42.5 Å². The van der Waals surface area contributed by atoms with Crippen LogP contribution < -0.4 is 11.1 Å². The molecule has 3 rings (SSSR count). The Balaban J connectivity index is 0.000000253. The number of amides is 3. The number of carboxylic acid groups (broad SMARTS) is 1. The molecule has 0 aromatic heterocycles. The van der Waals surface area contributed by atoms with Crippen LogP contribution in [0.4, 0.5) is 19.3 Å². The molecule has 1 saturated heterocycles. The highest BCUT2D eigenvalue weighted by atomic mass is 19.1. The highest BCUT2D eigenvalue weighted by Gasteiger charge is 2.17. The lowest BCUT2D eigenvalue weighted by atomic mass is 10.1. The number of aromatic carboxylic acids is 1. The maximum Gasteiger partial charge on any atom is 0.338 e. The summed E-state index contributed by atoms with van der Waals surface area (Å²) in [5.74, 6) is -3.24. The largest absolute Gasteiger partial charge is 0.478 e. The summed E-state index contributed by atoms with van der Waals surface area (Å²) in [7, 11) is 0. The smallest absolute Gasteiger partial charge is 0.338 e. The summed E-state index contributed by atoms with van der Waals surface area (Å²) in [6, 6.07) is 8.53. The zero-order valence-electron chi connectivity index (χ0n) is 15.5. The Morgan fingerprint density at radius 2 is 1.69 bits per heavy atom. The molecule has 1 aliphatic rings. The molecule has 2 aromatic carbocycles. The topological polar surface area (TPSA) is 113 Å². The number of rotatable bonds is 3. The first-order chi connectivity index (χ1) is 13.8. The molecule has 0 saturated carbocycles. The van der Waals surface area contributed by atoms with Gasteiger partial charge in [-0.2, -0.15) is 0 Å². The van der Waals surface area contributed by atoms with Gasteiger partial charge in [-0.05, 0) is 55.7 Å². The molecule has 1 aliphatic heterocycles. The van der Waals surface area contributed by atoms with Crippen molar-refractivity contribution in [2.24, 2.45) is 5.73 Å². The highest BCUT2D eigenvalue weighted by molar-refractivity contribution is 5.93. The van der Waals surface area contributed by atoms with E-state index in [0.717, 1.165) is 37.5 Å². The summed E-state index contributed by atoms with van der Waals surface area (Å²) >= 11 is 0. The lowest BCUT2D eigenvalue weighted by Gasteiger charge is -2.26. The van der Waals surface area contributed by atoms with Crippen LogP contribution in [-0.4, -0.2) is 41.0 Å². The zero-order valence-corrected chi connectivity index (χ0v) is 15.5. The van der Waals surface area contributed by atoms with Crippen molar-refractivity contribution >= 4 is 23.6 Å². The third kappa shape index (κ3) is 6.56. The first-order valence-corrected chi connectivity index (χ1v) is 8.92. The molecule has 7 nitrogen and oxygen atoms in total. The number of urea groups is 1. The number of carbonyl (C=O) groups excluding carboxylic acids is 2. The second-order valence-electron chi connectivity index (χ2n) is 6.35. The predicted molar refractivity (Wildman–Crippen MR) is 103 cm³/mol. The number of nitrogens with two attached hydrogens (primary N) is 1. The number of anilines is 1. The average Bonchev–Trinajstić information content (AvgIpc) is 2.69. The third-order valence-electron chi connectivity index (χ3n) is 4.20. The number of nitrogens with zero attached hydrogens (tertiary/aromatic N) is 1. The van der Waals surface area contributed by atoms with Gasteiger partial charge in [-0.1, -0.05) is 6.07 Å². The summed E-state index contributed by atoms with van der Waals surface area (Å²) in [4.78, 5) is 34.6. The first kappa shape index (κ1) is 21.8. The van der Waals surface area contributed by atoms with E-state index < -0.39 is 29.1 Å². The standard InChI is InChI=1S/C13H15FN2O3.C7H6FNO/c14-11-8-9(4-5-10(11)12(17)18)15-13(19)16-6-2-1-3-7-16;8-6-3-1-2-5(4-6)7(9)10/h4-5,8H,1-3,6-7H2,(H,15,19)(H,17,18);1-4H,(H2,9,10). The maximum atomic E-state index is 13.4. The minimum absolute atomic E-state index is 0.194. The van der Waals surface area contributed by atoms with Gasteiger partial charge in [-0.3, -0.25) is 4.79 Å². The Labute approximate surface area is 166 Å². The molecule has 0 atom stereocenters. The van der Waals surface area contributed by atoms with Crippen LogP contribution >= 0.6 is 0 Å². The van der Waals surface area contributed by atoms with Gasteiger partial charge in [0.05, 0.1) is 5.56 Å². The number of piperidine rings is 1. The molecule has 0 radical (unpaired) electrons. The van der Waals surface area contributed by atoms with E-state index in [1.807, 2.05) is 0 Å². The molecule has 29 heavy (non-hydrogen) atoms. The number of carbonyl (C=O) groups is 3. The fourth-order valence-electron chi connectivity index (χ4n) is 2.71. The molecular formula is C20H21F2N3O4. The summed E-state index contributed by atoms with van der Waals surface area (Å²) in [5, 5.41) is 11.3. The normalized spacial score (nSPS) is 13.1. The van der Waals surface area contributed by atoms with Crippen molar-refractivity contribution in [2.75, 3.05) is 18.4 Å². The predicted octanol–water partition coefficient (Wildman–Crippen LogP) is 3.47. The minimum atomic E-state index is -1.33. The molecule has 1 fully saturated rings. The second kappa shape index (κ2) is 10.2. The van der Waals surface area contributed by atoms with E-state index in [4.69, 9.17) is 10.8 Å². The molecule has 9 heteroatoms. The van der Waals surface area contributed by atoms with E-state index in [-0.39, 0.29) is 17.3 Å². The maximum absolute atomic E-state index is 13.4. The van der Waals surface area contributed by atoms with Gasteiger partial charge >= 0.3 is 12.0 Å². The zero-order chi connectivity index (χ0) is 21.4. The van der Waals surface area contributed by atoms with E-state index in [2.05, 4.69) is 5.32 Å². The van der Waals surface area contributed by atoms with E-state index in [1.165, 1.54) is 24.3 Å². The van der Waals surface area contributed by atoms with Gasteiger partial charge < -0.3 is 21.1 Å². The molecule has 0 aliphatic carbocycles. The molecular weight excluding hydrogens is 384 g/mol. The summed E-state index contributed by atoms with van der Waals surface area (Å²) in [6.07, 6.45) is 3.06. The quantitative estimate of drug-likeness (QED) is 0.726. The molecule has 3 amide bonds. The number of primary amides is 1. The van der Waals surface area contributed by atoms with Crippen LogP contribution in [0.5, 0.6) is 0 Å². The van der Waals surface area contributed by atoms with Gasteiger partial charge in [0.15, 0.2) is 0 Å². The van der Waals surface area contributed by atoms with Crippen LogP contribution in [0.3, 0.4) is 0 Å². The van der Waals surface area contributed by atoms with Crippen molar-refractivity contribution in [3.8, 4) is 0 Å². The van der Waals surface area contributed by atoms with E-state index in [9.17, 15) is 23.2 Å². The number of benzene rings is 2. The lowest BCUT2D eigenvalue weighted by Crippen LogP contribution is -2.38. The van der Waals surface area contributed by atoms with E-state index in [0.29, 0.717) is 13.1 Å². The summed E-state index contributed by atoms with van der Waals surface area (Å²) in [6.45, 7) is 1.39. The van der Waals surface area contributed by atoms with E-state index >= 15 is 0 Å². The minimum Gasteiger partial charge on any atom is -0.478 e. The van der Waals surface area contributed by atoms with Gasteiger partial charge in [0.1, 0.15) is 11.6 Å². The summed E-state index contributed by atoms with van der Waals surface area (Å²) in [5.41, 5.74) is 4.93. The van der Waals surface area contributed by atoms with Crippen molar-refractivity contribution in [2.45, 2.75) is 19.3 Å². The first-order valence-electron chi connectivity index (χ1n) is 8.92. The highest BCUT2D eigenvalue weighted by Crippen LogP contribution is 2.16. The van der Waals surface area contributed by atoms with Gasteiger partial charge in [0.25, 0.3) is 0 Å². The molecule has 0 spiro atoms. The van der Waals surface area contributed by atoms with Crippen molar-refractivity contribution in [3.63, 3.8) is 0 Å². The number of likely N-dealkylation sites (tertiary alicyclic amines) is 1. The molecule has 0 unspecified atom stereocenters. The van der Waals surface area contributed by atoms with Crippen molar-refractivity contribution in [1.82, 2.24) is 4.90 Å². The van der Waals surface area contributed by atoms with Crippen LogP contribution in [0.25, 0.3) is 0 Å². The summed E-state index contributed by atoms with van der Waals surface area (Å²) < 4.78 is 25.8. The Morgan fingerprint density at radius 1 is 1.00 bits per heavy atom.